The maximum Gasteiger partial charge on any atom is 0.261 e. The number of hydrogen-bond donors (Lipinski definition) is 2. The van der Waals surface area contributed by atoms with Crippen molar-refractivity contribution < 1.29 is 36.0 Å². The Morgan fingerprint density at radius 2 is 0.850 bits per heavy atom. The van der Waals surface area contributed by atoms with E-state index in [0.29, 0.717) is 11.5 Å². The molecule has 0 unspecified atom stereocenters. The van der Waals surface area contributed by atoms with E-state index in [0.717, 1.165) is 9.80 Å². The van der Waals surface area contributed by atoms with Gasteiger partial charge in [0.05, 0.1) is 33.8 Å². The summed E-state index contributed by atoms with van der Waals surface area (Å²) in [5.74, 6) is -2.07. The molecule has 16 heteroatoms. The molecule has 4 amide bonds. The lowest BCUT2D eigenvalue weighted by Gasteiger charge is -2.14. The first-order valence-electron chi connectivity index (χ1n) is 12.1. The largest absolute Gasteiger partial charge is 0.273 e. The molecule has 0 radical (unpaired) electrons. The van der Waals surface area contributed by atoms with E-state index < -0.39 is 55.2 Å². The molecule has 0 aliphatic carbocycles. The van der Waals surface area contributed by atoms with Gasteiger partial charge < -0.3 is 0 Å². The molecule has 2 aliphatic heterocycles. The average Bonchev–Trinajstić information content (AvgIpc) is 3.32. The monoisotopic (exact) mass is 626 g/mol. The summed E-state index contributed by atoms with van der Waals surface area (Å²) < 4.78 is 54.0. The van der Waals surface area contributed by atoms with Gasteiger partial charge in [-0.1, -0.05) is 45.9 Å². The predicted octanol–water partition coefficient (Wildman–Crippen LogP) is 0.799. The fraction of sp³-hybridized carbons (Fsp3) is 0.333. The van der Waals surface area contributed by atoms with Crippen LogP contribution in [0.1, 0.15) is 41.4 Å². The highest BCUT2D eigenvalue weighted by atomic mass is 33.1. The van der Waals surface area contributed by atoms with Gasteiger partial charge in [0.1, 0.15) is 0 Å². The highest BCUT2D eigenvalue weighted by Gasteiger charge is 2.36. The normalized spacial score (nSPS) is 15.2. The van der Waals surface area contributed by atoms with Gasteiger partial charge in [-0.3, -0.25) is 29.0 Å². The SMILES string of the molecule is O=C1c2ccccc2C(=O)N1CCS(=O)(=O)NCCSSCCNS(=O)(=O)CCN1C(=O)c2ccccc2C1=O. The van der Waals surface area contributed by atoms with E-state index in [1.165, 1.54) is 45.9 Å². The number of fused-ring (bicyclic) bond motifs is 2. The zero-order valence-corrected chi connectivity index (χ0v) is 24.3. The molecule has 4 rings (SSSR count). The lowest BCUT2D eigenvalue weighted by molar-refractivity contribution is 0.0648. The first-order chi connectivity index (χ1) is 19.0. The van der Waals surface area contributed by atoms with Crippen molar-refractivity contribution in [2.45, 2.75) is 0 Å². The highest BCUT2D eigenvalue weighted by molar-refractivity contribution is 8.76. The summed E-state index contributed by atoms with van der Waals surface area (Å²) in [5, 5.41) is 0. The van der Waals surface area contributed by atoms with E-state index in [9.17, 15) is 36.0 Å². The molecule has 12 nitrogen and oxygen atoms in total. The average molecular weight is 627 g/mol. The molecule has 0 bridgehead atoms. The molecule has 40 heavy (non-hydrogen) atoms. The van der Waals surface area contributed by atoms with Crippen molar-refractivity contribution in [1.82, 2.24) is 19.2 Å². The third-order valence-electron chi connectivity index (χ3n) is 6.02. The summed E-state index contributed by atoms with van der Waals surface area (Å²) in [6.45, 7) is -0.268. The number of rotatable bonds is 15. The van der Waals surface area contributed by atoms with Crippen LogP contribution in [0.2, 0.25) is 0 Å². The minimum atomic E-state index is -3.72. The standard InChI is InChI=1S/C24H26N4O8S4/c29-21-17-5-1-2-6-18(17)22(30)27(21)11-15-39(33,34)25-9-13-37-38-14-10-26-40(35,36)16-12-28-23(31)19-7-3-4-8-20(19)24(28)32/h1-8,25-26H,9-16H2. The van der Waals surface area contributed by atoms with Crippen LogP contribution in [0.25, 0.3) is 0 Å². The molecule has 0 spiro atoms. The van der Waals surface area contributed by atoms with Crippen LogP contribution in [0, 0.1) is 0 Å². The Labute approximate surface area is 239 Å². The van der Waals surface area contributed by atoms with Gasteiger partial charge >= 0.3 is 0 Å². The predicted molar refractivity (Wildman–Crippen MR) is 152 cm³/mol. The summed E-state index contributed by atoms with van der Waals surface area (Å²) in [7, 11) is -4.75. The molecule has 0 atom stereocenters. The van der Waals surface area contributed by atoms with E-state index in [4.69, 9.17) is 0 Å². The smallest absolute Gasteiger partial charge is 0.261 e. The first kappa shape index (κ1) is 30.2. The Morgan fingerprint density at radius 1 is 0.550 bits per heavy atom. The Balaban J connectivity index is 1.07. The van der Waals surface area contributed by atoms with Crippen molar-refractivity contribution in [3.63, 3.8) is 0 Å². The van der Waals surface area contributed by atoms with Gasteiger partial charge in [-0.2, -0.15) is 0 Å². The van der Waals surface area contributed by atoms with Crippen molar-refractivity contribution >= 4 is 65.3 Å². The molecular formula is C24H26N4O8S4. The maximum absolute atomic E-state index is 12.3. The van der Waals surface area contributed by atoms with Gasteiger partial charge in [0.25, 0.3) is 23.6 Å². The van der Waals surface area contributed by atoms with Crippen LogP contribution in [-0.2, 0) is 20.0 Å². The topological polar surface area (TPSA) is 167 Å². The fourth-order valence-corrected chi connectivity index (χ4v) is 8.08. The van der Waals surface area contributed by atoms with E-state index in [2.05, 4.69) is 9.44 Å². The molecule has 0 saturated carbocycles. The quantitative estimate of drug-likeness (QED) is 0.164. The number of benzene rings is 2. The first-order valence-corrected chi connectivity index (χ1v) is 17.9. The molecular weight excluding hydrogens is 601 g/mol. The second-order valence-corrected chi connectivity index (χ2v) is 15.2. The van der Waals surface area contributed by atoms with Gasteiger partial charge in [-0.05, 0) is 24.3 Å². The van der Waals surface area contributed by atoms with Crippen molar-refractivity contribution in [1.29, 1.82) is 0 Å². The summed E-state index contributed by atoms with van der Waals surface area (Å²) >= 11 is 0. The summed E-state index contributed by atoms with van der Waals surface area (Å²) in [4.78, 5) is 51.2. The van der Waals surface area contributed by atoms with Gasteiger partial charge in [0, 0.05) is 37.7 Å². The zero-order chi connectivity index (χ0) is 28.9. The van der Waals surface area contributed by atoms with E-state index in [1.807, 2.05) is 0 Å². The van der Waals surface area contributed by atoms with Crippen LogP contribution in [0.3, 0.4) is 0 Å². The Morgan fingerprint density at radius 3 is 1.15 bits per heavy atom. The second-order valence-electron chi connectivity index (χ2n) is 8.69. The summed E-state index contributed by atoms with van der Waals surface area (Å²) in [6, 6.07) is 12.7. The highest BCUT2D eigenvalue weighted by Crippen LogP contribution is 2.23. The number of carbonyl (C=O) groups is 4. The van der Waals surface area contributed by atoms with Crippen LogP contribution in [0.15, 0.2) is 48.5 Å². The van der Waals surface area contributed by atoms with Crippen molar-refractivity contribution in [2.24, 2.45) is 0 Å². The van der Waals surface area contributed by atoms with Crippen LogP contribution < -0.4 is 9.44 Å². The Hall–Kier alpha value is -2.76. The molecule has 0 saturated heterocycles. The molecule has 2 aliphatic rings. The number of hydrogen-bond acceptors (Lipinski definition) is 10. The fourth-order valence-electron chi connectivity index (χ4n) is 4.05. The summed E-state index contributed by atoms with van der Waals surface area (Å²) in [5.41, 5.74) is 1.04. The number of sulfonamides is 2. The number of nitrogens with zero attached hydrogens (tertiary/aromatic N) is 2. The molecule has 0 fully saturated rings. The molecule has 2 aromatic carbocycles. The van der Waals surface area contributed by atoms with Crippen LogP contribution in [0.5, 0.6) is 0 Å². The van der Waals surface area contributed by atoms with Crippen LogP contribution >= 0.6 is 21.6 Å². The molecule has 2 heterocycles. The molecule has 0 aromatic heterocycles. The van der Waals surface area contributed by atoms with E-state index >= 15 is 0 Å². The van der Waals surface area contributed by atoms with Crippen molar-refractivity contribution in [3.8, 4) is 0 Å². The minimum absolute atomic E-state index is 0.119. The Bertz CT molecular complexity index is 1360. The maximum atomic E-state index is 12.3. The summed E-state index contributed by atoms with van der Waals surface area (Å²) in [6.07, 6.45) is 0. The van der Waals surface area contributed by atoms with Crippen LogP contribution in [-0.4, -0.2) is 99.5 Å². The van der Waals surface area contributed by atoms with E-state index in [1.54, 1.807) is 24.3 Å². The lowest BCUT2D eigenvalue weighted by atomic mass is 10.1. The molecule has 214 valence electrons. The lowest BCUT2D eigenvalue weighted by Crippen LogP contribution is -2.38. The van der Waals surface area contributed by atoms with Gasteiger partial charge in [0.15, 0.2) is 0 Å². The third kappa shape index (κ3) is 7.11. The number of imide groups is 2. The zero-order valence-electron chi connectivity index (χ0n) is 21.1. The molecule has 2 aromatic rings. The van der Waals surface area contributed by atoms with Crippen LogP contribution in [0.4, 0.5) is 0 Å². The van der Waals surface area contributed by atoms with Crippen molar-refractivity contribution in [2.75, 3.05) is 49.2 Å². The number of carbonyl (C=O) groups excluding carboxylic acids is 4. The number of nitrogens with one attached hydrogen (secondary N) is 2. The van der Waals surface area contributed by atoms with Crippen molar-refractivity contribution in [3.05, 3.63) is 70.8 Å². The third-order valence-corrected chi connectivity index (χ3v) is 11.2. The second kappa shape index (κ2) is 12.8. The van der Waals surface area contributed by atoms with Gasteiger partial charge in [-0.15, -0.1) is 0 Å². The molecule has 2 N–H and O–H groups in total. The Kier molecular flexibility index (Phi) is 9.68. The van der Waals surface area contributed by atoms with E-state index in [-0.39, 0.29) is 48.4 Å². The van der Waals surface area contributed by atoms with Gasteiger partial charge in [0.2, 0.25) is 20.0 Å². The minimum Gasteiger partial charge on any atom is -0.273 e. The number of amides is 4. The van der Waals surface area contributed by atoms with Gasteiger partial charge in [-0.25, -0.2) is 26.3 Å².